The van der Waals surface area contributed by atoms with E-state index in [4.69, 9.17) is 5.11 Å². The maximum atomic E-state index is 11.7. The SMILES string of the molecule is CC(CO)CCCNS(=O)(=O)NCC(F)(F)F. The van der Waals surface area contributed by atoms with Crippen LogP contribution in [0.4, 0.5) is 13.2 Å². The molecule has 3 N–H and O–H groups in total. The normalized spacial score (nSPS) is 14.9. The average Bonchev–Trinajstić information content (AvgIpc) is 2.20. The van der Waals surface area contributed by atoms with Gasteiger partial charge in [0.25, 0.3) is 10.2 Å². The minimum absolute atomic E-state index is 0.000919. The van der Waals surface area contributed by atoms with Gasteiger partial charge in [-0.3, -0.25) is 0 Å². The van der Waals surface area contributed by atoms with E-state index in [-0.39, 0.29) is 19.1 Å². The molecule has 104 valence electrons. The maximum Gasteiger partial charge on any atom is 0.402 e. The van der Waals surface area contributed by atoms with Gasteiger partial charge in [-0.15, -0.1) is 0 Å². The number of aliphatic hydroxyl groups excluding tert-OH is 1. The lowest BCUT2D eigenvalue weighted by atomic mass is 10.1. The summed E-state index contributed by atoms with van der Waals surface area (Å²) in [5.41, 5.74) is 0. The smallest absolute Gasteiger partial charge is 0.396 e. The number of rotatable bonds is 8. The molecule has 0 aliphatic heterocycles. The fraction of sp³-hybridized carbons (Fsp3) is 1.00. The average molecular weight is 278 g/mol. The molecule has 0 aliphatic carbocycles. The third kappa shape index (κ3) is 10.5. The third-order valence-corrected chi connectivity index (χ3v) is 3.05. The standard InChI is InChI=1S/C8H17F3N2O3S/c1-7(5-14)3-2-4-12-17(15,16)13-6-8(9,10)11/h7,12-14H,2-6H2,1H3. The van der Waals surface area contributed by atoms with E-state index < -0.39 is 22.9 Å². The van der Waals surface area contributed by atoms with Gasteiger partial charge in [-0.25, -0.2) is 4.72 Å². The first-order valence-electron chi connectivity index (χ1n) is 5.08. The van der Waals surface area contributed by atoms with E-state index >= 15 is 0 Å². The highest BCUT2D eigenvalue weighted by atomic mass is 32.2. The quantitative estimate of drug-likeness (QED) is 0.562. The summed E-state index contributed by atoms with van der Waals surface area (Å²) in [5.74, 6) is 0.0441. The Morgan fingerprint density at radius 1 is 1.29 bits per heavy atom. The first kappa shape index (κ1) is 16.6. The maximum absolute atomic E-state index is 11.7. The molecule has 0 radical (unpaired) electrons. The van der Waals surface area contributed by atoms with Crippen LogP contribution in [-0.2, 0) is 10.2 Å². The van der Waals surface area contributed by atoms with Gasteiger partial charge in [-0.1, -0.05) is 6.92 Å². The Bertz CT molecular complexity index is 306. The minimum atomic E-state index is -4.57. The number of halogens is 3. The molecule has 5 nitrogen and oxygen atoms in total. The van der Waals surface area contributed by atoms with Crippen LogP contribution in [0.15, 0.2) is 0 Å². The van der Waals surface area contributed by atoms with E-state index in [1.165, 1.54) is 4.72 Å². The molecule has 0 saturated carbocycles. The Balaban J connectivity index is 3.80. The molecule has 0 aromatic heterocycles. The van der Waals surface area contributed by atoms with Gasteiger partial charge in [0, 0.05) is 13.2 Å². The van der Waals surface area contributed by atoms with Crippen LogP contribution in [0.3, 0.4) is 0 Å². The predicted molar refractivity (Wildman–Crippen MR) is 56.5 cm³/mol. The molecule has 17 heavy (non-hydrogen) atoms. The molecule has 1 unspecified atom stereocenters. The van der Waals surface area contributed by atoms with Gasteiger partial charge in [0.2, 0.25) is 0 Å². The molecule has 0 fully saturated rings. The molecule has 0 heterocycles. The third-order valence-electron chi connectivity index (χ3n) is 1.94. The molecule has 9 heteroatoms. The summed E-state index contributed by atoms with van der Waals surface area (Å²) in [7, 11) is -4.10. The zero-order valence-electron chi connectivity index (χ0n) is 9.42. The van der Waals surface area contributed by atoms with Gasteiger partial charge >= 0.3 is 6.18 Å². The molecule has 0 spiro atoms. The Kier molecular flexibility index (Phi) is 6.98. The lowest BCUT2D eigenvalue weighted by Gasteiger charge is -2.11. The molecular formula is C8H17F3N2O3S. The van der Waals surface area contributed by atoms with Gasteiger partial charge in [-0.05, 0) is 18.8 Å². The molecule has 0 aromatic carbocycles. The predicted octanol–water partition coefficient (Wildman–Crippen LogP) is 0.381. The molecule has 0 rings (SSSR count). The fourth-order valence-corrected chi connectivity index (χ4v) is 1.85. The van der Waals surface area contributed by atoms with Crippen LogP contribution in [0, 0.1) is 5.92 Å². The van der Waals surface area contributed by atoms with E-state index in [1.54, 1.807) is 6.92 Å². The van der Waals surface area contributed by atoms with Crippen molar-refractivity contribution < 1.29 is 26.7 Å². The lowest BCUT2D eigenvalue weighted by Crippen LogP contribution is -2.41. The summed E-state index contributed by atoms with van der Waals surface area (Å²) in [6, 6.07) is 0. The van der Waals surface area contributed by atoms with Crippen molar-refractivity contribution in [1.82, 2.24) is 9.44 Å². The zero-order chi connectivity index (χ0) is 13.5. The minimum Gasteiger partial charge on any atom is -0.396 e. The van der Waals surface area contributed by atoms with Crippen LogP contribution in [0.25, 0.3) is 0 Å². The highest BCUT2D eigenvalue weighted by Crippen LogP contribution is 2.12. The molecule has 0 aromatic rings. The van der Waals surface area contributed by atoms with Crippen LogP contribution in [-0.4, -0.2) is 39.4 Å². The van der Waals surface area contributed by atoms with E-state index in [0.717, 1.165) is 0 Å². The van der Waals surface area contributed by atoms with Crippen LogP contribution in [0.1, 0.15) is 19.8 Å². The second kappa shape index (κ2) is 7.14. The second-order valence-corrected chi connectivity index (χ2v) is 5.35. The Morgan fingerprint density at radius 2 is 1.88 bits per heavy atom. The zero-order valence-corrected chi connectivity index (χ0v) is 10.2. The van der Waals surface area contributed by atoms with Crippen molar-refractivity contribution in [3.05, 3.63) is 0 Å². The number of nitrogens with one attached hydrogen (secondary N) is 2. The number of hydrogen-bond acceptors (Lipinski definition) is 3. The fourth-order valence-electron chi connectivity index (χ4n) is 0.976. The van der Waals surface area contributed by atoms with Crippen molar-refractivity contribution in [3.63, 3.8) is 0 Å². The molecule has 0 aliphatic rings. The van der Waals surface area contributed by atoms with Gasteiger partial charge in [0.05, 0.1) is 0 Å². The van der Waals surface area contributed by atoms with Crippen LogP contribution < -0.4 is 9.44 Å². The van der Waals surface area contributed by atoms with Crippen LogP contribution >= 0.6 is 0 Å². The van der Waals surface area contributed by atoms with Gasteiger partial charge in [0.1, 0.15) is 6.54 Å². The van der Waals surface area contributed by atoms with Crippen molar-refractivity contribution in [2.24, 2.45) is 5.92 Å². The summed E-state index contributed by atoms with van der Waals surface area (Å²) in [4.78, 5) is 0. The van der Waals surface area contributed by atoms with Gasteiger partial charge in [-0.2, -0.15) is 26.3 Å². The Hall–Kier alpha value is -0.380. The van der Waals surface area contributed by atoms with Crippen molar-refractivity contribution in [2.75, 3.05) is 19.7 Å². The topological polar surface area (TPSA) is 78.4 Å². The van der Waals surface area contributed by atoms with E-state index in [2.05, 4.69) is 0 Å². The Labute approximate surface area is 98.6 Å². The Morgan fingerprint density at radius 3 is 2.35 bits per heavy atom. The highest BCUT2D eigenvalue weighted by molar-refractivity contribution is 7.87. The first-order chi connectivity index (χ1) is 7.66. The largest absolute Gasteiger partial charge is 0.402 e. The first-order valence-corrected chi connectivity index (χ1v) is 6.56. The molecular weight excluding hydrogens is 261 g/mol. The molecule has 0 amide bonds. The van der Waals surface area contributed by atoms with E-state index in [9.17, 15) is 21.6 Å². The summed E-state index contributed by atoms with van der Waals surface area (Å²) >= 11 is 0. The molecule has 1 atom stereocenters. The second-order valence-electron chi connectivity index (χ2n) is 3.76. The number of hydrogen-bond donors (Lipinski definition) is 3. The van der Waals surface area contributed by atoms with Crippen molar-refractivity contribution >= 4 is 10.2 Å². The number of aliphatic hydroxyl groups is 1. The molecule has 0 saturated heterocycles. The monoisotopic (exact) mass is 278 g/mol. The summed E-state index contributed by atoms with van der Waals surface area (Å²) < 4.78 is 60.6. The summed E-state index contributed by atoms with van der Waals surface area (Å²) in [6.07, 6.45) is -3.52. The van der Waals surface area contributed by atoms with Crippen LogP contribution in [0.5, 0.6) is 0 Å². The van der Waals surface area contributed by atoms with Gasteiger partial charge < -0.3 is 5.11 Å². The summed E-state index contributed by atoms with van der Waals surface area (Å²) in [5, 5.41) is 8.69. The number of alkyl halides is 3. The van der Waals surface area contributed by atoms with E-state index in [1.807, 2.05) is 4.72 Å². The van der Waals surface area contributed by atoms with Crippen molar-refractivity contribution in [2.45, 2.75) is 25.9 Å². The molecule has 0 bridgehead atoms. The van der Waals surface area contributed by atoms with Gasteiger partial charge in [0.15, 0.2) is 0 Å². The van der Waals surface area contributed by atoms with Crippen molar-refractivity contribution in [1.29, 1.82) is 0 Å². The van der Waals surface area contributed by atoms with E-state index in [0.29, 0.717) is 12.8 Å². The van der Waals surface area contributed by atoms with Crippen LogP contribution in [0.2, 0.25) is 0 Å². The van der Waals surface area contributed by atoms with Crippen molar-refractivity contribution in [3.8, 4) is 0 Å². The lowest BCUT2D eigenvalue weighted by molar-refractivity contribution is -0.121. The highest BCUT2D eigenvalue weighted by Gasteiger charge is 2.29. The summed E-state index contributed by atoms with van der Waals surface area (Å²) in [6.45, 7) is 0.238.